The van der Waals surface area contributed by atoms with Gasteiger partial charge in [-0.15, -0.1) is 0 Å². The van der Waals surface area contributed by atoms with Gasteiger partial charge in [-0.3, -0.25) is 0 Å². The van der Waals surface area contributed by atoms with Gasteiger partial charge in [-0.2, -0.15) is 0 Å². The summed E-state index contributed by atoms with van der Waals surface area (Å²) in [6, 6.07) is 0. The first-order chi connectivity index (χ1) is 31.0. The van der Waals surface area contributed by atoms with E-state index in [1.807, 2.05) is 0 Å². The van der Waals surface area contributed by atoms with Crippen LogP contribution < -0.4 is 0 Å². The Hall–Kier alpha value is -0.260. The van der Waals surface area contributed by atoms with E-state index in [1.54, 1.807) is 83.5 Å². The lowest BCUT2D eigenvalue weighted by atomic mass is 9.49. The van der Waals surface area contributed by atoms with Gasteiger partial charge in [-0.25, -0.2) is 0 Å². The van der Waals surface area contributed by atoms with Crippen molar-refractivity contribution < 1.29 is 0 Å². The van der Waals surface area contributed by atoms with Gasteiger partial charge in [-0.1, -0.05) is 142 Å². The average molecular weight is 910 g/mol. The minimum absolute atomic E-state index is 0.363. The number of hydrogen-bond donors (Lipinski definition) is 0. The Morgan fingerprint density at radius 2 is 1.00 bits per heavy atom. The molecule has 0 bridgehead atoms. The maximum Gasteiger partial charge on any atom is -0.0179 e. The molecule has 8 fully saturated rings. The number of allylic oxidation sites excluding steroid dienone is 1. The molecule has 8 rings (SSSR count). The molecule has 17 atom stereocenters. The van der Waals surface area contributed by atoms with Crippen molar-refractivity contribution in [2.45, 2.75) is 240 Å². The molecule has 66 heavy (non-hydrogen) atoms. The summed E-state index contributed by atoms with van der Waals surface area (Å²) in [6.07, 6.45) is 29.6. The third-order valence-electron chi connectivity index (χ3n) is 27.7. The third-order valence-corrected chi connectivity index (χ3v) is 27.7. The lowest BCUT2D eigenvalue weighted by molar-refractivity contribution is -0.0645. The molecule has 0 aliphatic heterocycles. The molecule has 0 saturated heterocycles. The zero-order valence-electron chi connectivity index (χ0n) is 47.6. The molecule has 0 aromatic heterocycles. The van der Waals surface area contributed by atoms with Crippen LogP contribution in [-0.2, 0) is 0 Å². The molecule has 17 unspecified atom stereocenters. The SMILES string of the molecule is C=C(C)C(C)C(C)C(C)C(C)C(C)(C)C1CCC(C(C)C(C)C(C)C2(C)CC2(C2CCC(C3CC(C4CC(C5CC(C6CC(C7CCC7)C6)C5)C4)C3)C2)C(C)C(C)C(C)C(C)C)CC(C)C1. The molecule has 8 saturated carbocycles. The molecule has 0 aromatic carbocycles. The lowest BCUT2D eigenvalue weighted by Gasteiger charge is -2.57. The van der Waals surface area contributed by atoms with Crippen molar-refractivity contribution in [3.05, 3.63) is 12.2 Å². The van der Waals surface area contributed by atoms with Crippen molar-refractivity contribution in [2.24, 2.45) is 164 Å². The van der Waals surface area contributed by atoms with Gasteiger partial charge < -0.3 is 0 Å². The quantitative estimate of drug-likeness (QED) is 0.0843. The van der Waals surface area contributed by atoms with Crippen molar-refractivity contribution in [2.75, 3.05) is 0 Å². The molecule has 0 heteroatoms. The fourth-order valence-corrected chi connectivity index (χ4v) is 19.9. The molecule has 380 valence electrons. The molecule has 8 aliphatic carbocycles. The lowest BCUT2D eigenvalue weighted by Crippen LogP contribution is -2.47. The summed E-state index contributed by atoms with van der Waals surface area (Å²) >= 11 is 0. The topological polar surface area (TPSA) is 0 Å². The Morgan fingerprint density at radius 3 is 1.47 bits per heavy atom. The first-order valence-electron chi connectivity index (χ1n) is 30.6. The van der Waals surface area contributed by atoms with E-state index in [1.165, 1.54) is 44.1 Å². The Balaban J connectivity index is 0.854. The van der Waals surface area contributed by atoms with E-state index in [0.29, 0.717) is 39.9 Å². The van der Waals surface area contributed by atoms with E-state index in [9.17, 15) is 0 Å². The predicted molar refractivity (Wildman–Crippen MR) is 288 cm³/mol. The van der Waals surface area contributed by atoms with Gasteiger partial charge in [0.1, 0.15) is 0 Å². The van der Waals surface area contributed by atoms with Crippen LogP contribution in [0.3, 0.4) is 0 Å². The van der Waals surface area contributed by atoms with Gasteiger partial charge in [0, 0.05) is 0 Å². The van der Waals surface area contributed by atoms with Crippen LogP contribution in [0, 0.1) is 164 Å². The molecule has 0 spiro atoms. The van der Waals surface area contributed by atoms with Crippen LogP contribution in [0.4, 0.5) is 0 Å². The zero-order valence-corrected chi connectivity index (χ0v) is 47.6. The first kappa shape index (κ1) is 52.1. The Bertz CT molecular complexity index is 1590. The molecule has 0 N–H and O–H groups in total. The molecular formula is C66H116. The van der Waals surface area contributed by atoms with Crippen LogP contribution in [0.25, 0.3) is 0 Å². The van der Waals surface area contributed by atoms with Crippen LogP contribution in [0.5, 0.6) is 0 Å². The summed E-state index contributed by atoms with van der Waals surface area (Å²) < 4.78 is 0. The van der Waals surface area contributed by atoms with Crippen LogP contribution >= 0.6 is 0 Å². The van der Waals surface area contributed by atoms with Gasteiger partial charge in [0.15, 0.2) is 0 Å². The highest BCUT2D eigenvalue weighted by molar-refractivity contribution is 5.21. The van der Waals surface area contributed by atoms with Crippen molar-refractivity contribution in [1.82, 2.24) is 0 Å². The van der Waals surface area contributed by atoms with Gasteiger partial charge in [0.25, 0.3) is 0 Å². The van der Waals surface area contributed by atoms with Gasteiger partial charge >= 0.3 is 0 Å². The van der Waals surface area contributed by atoms with Gasteiger partial charge in [0.05, 0.1) is 0 Å². The average Bonchev–Trinajstić information content (AvgIpc) is 3.67. The minimum Gasteiger partial charge on any atom is -0.0999 e. The van der Waals surface area contributed by atoms with Gasteiger partial charge in [0.2, 0.25) is 0 Å². The highest BCUT2D eigenvalue weighted by Gasteiger charge is 2.73. The smallest absolute Gasteiger partial charge is 0.0179 e. The molecule has 0 heterocycles. The molecule has 0 radical (unpaired) electrons. The zero-order chi connectivity index (χ0) is 47.9. The van der Waals surface area contributed by atoms with E-state index >= 15 is 0 Å². The number of hydrogen-bond acceptors (Lipinski definition) is 0. The van der Waals surface area contributed by atoms with E-state index in [0.717, 1.165) is 124 Å². The maximum atomic E-state index is 4.37. The summed E-state index contributed by atoms with van der Waals surface area (Å²) in [5, 5.41) is 0. The fraction of sp³-hybridized carbons (Fsp3) is 0.970. The van der Waals surface area contributed by atoms with Crippen molar-refractivity contribution in [3.63, 3.8) is 0 Å². The molecule has 0 nitrogen and oxygen atoms in total. The van der Waals surface area contributed by atoms with E-state index in [-0.39, 0.29) is 0 Å². The van der Waals surface area contributed by atoms with Crippen LogP contribution in [0.15, 0.2) is 12.2 Å². The summed E-state index contributed by atoms with van der Waals surface area (Å²) in [6.45, 7) is 48.9. The standard InChI is InChI=1S/C66H116/c1-38(2)41(6)43(8)45(10)48(13)64(16,17)62-24-22-52(26-40(5)27-62)47(12)46(11)49(14)65(18)37-66(65,50(15)44(9)42(7)39(3)4)63-25-23-53(36-63)55-30-57(31-55)59-34-61(35-59)60-32-58(33-60)56-28-54(29-56)51-20-19-21-51/h39-63H,1,19-37H2,2-18H3. The minimum atomic E-state index is 0.363. The highest BCUT2D eigenvalue weighted by atomic mass is 14.8. The second-order valence-electron chi connectivity index (χ2n) is 30.4. The largest absolute Gasteiger partial charge is 0.0999 e. The second-order valence-corrected chi connectivity index (χ2v) is 30.4. The van der Waals surface area contributed by atoms with E-state index in [2.05, 4.69) is 124 Å². The monoisotopic (exact) mass is 909 g/mol. The Morgan fingerprint density at radius 1 is 0.500 bits per heavy atom. The molecule has 0 amide bonds. The van der Waals surface area contributed by atoms with Crippen molar-refractivity contribution in [3.8, 4) is 0 Å². The van der Waals surface area contributed by atoms with Crippen LogP contribution in [0.2, 0.25) is 0 Å². The maximum absolute atomic E-state index is 4.37. The fourth-order valence-electron chi connectivity index (χ4n) is 19.9. The Kier molecular flexibility index (Phi) is 15.8. The summed E-state index contributed by atoms with van der Waals surface area (Å²) in [5.41, 5.74) is 2.74. The third kappa shape index (κ3) is 9.47. The van der Waals surface area contributed by atoms with E-state index in [4.69, 9.17) is 0 Å². The van der Waals surface area contributed by atoms with E-state index < -0.39 is 0 Å². The molecular weight excluding hydrogens is 793 g/mol. The van der Waals surface area contributed by atoms with Gasteiger partial charge in [-0.05, 0) is 274 Å². The van der Waals surface area contributed by atoms with Crippen molar-refractivity contribution >= 4 is 0 Å². The highest BCUT2D eigenvalue weighted by Crippen LogP contribution is 2.79. The Labute approximate surface area is 414 Å². The molecule has 8 aliphatic rings. The second kappa shape index (κ2) is 20.0. The summed E-state index contributed by atoms with van der Waals surface area (Å²) in [7, 11) is 0. The molecule has 0 aromatic rings. The van der Waals surface area contributed by atoms with Crippen molar-refractivity contribution in [1.29, 1.82) is 0 Å². The normalized spacial score (nSPS) is 45.2. The number of rotatable bonds is 20. The predicted octanol–water partition coefficient (Wildman–Crippen LogP) is 19.8. The first-order valence-corrected chi connectivity index (χ1v) is 30.6. The summed E-state index contributed by atoms with van der Waals surface area (Å²) in [5.74, 6) is 22.9. The van der Waals surface area contributed by atoms with Crippen LogP contribution in [0.1, 0.15) is 240 Å². The summed E-state index contributed by atoms with van der Waals surface area (Å²) in [4.78, 5) is 0. The van der Waals surface area contributed by atoms with Crippen LogP contribution in [-0.4, -0.2) is 0 Å².